The maximum Gasteiger partial charge on any atom is 0.323 e. The van der Waals surface area contributed by atoms with Crippen LogP contribution >= 0.6 is 0 Å². The van der Waals surface area contributed by atoms with Crippen LogP contribution in [-0.2, 0) is 6.54 Å². The first-order valence-electron chi connectivity index (χ1n) is 9.37. The van der Waals surface area contributed by atoms with Crippen molar-refractivity contribution in [3.63, 3.8) is 0 Å². The summed E-state index contributed by atoms with van der Waals surface area (Å²) in [5.41, 5.74) is -0.837. The van der Waals surface area contributed by atoms with Gasteiger partial charge in [-0.25, -0.2) is 4.79 Å². The summed E-state index contributed by atoms with van der Waals surface area (Å²) in [6.07, 6.45) is 1.72. The third-order valence-electron chi connectivity index (χ3n) is 4.74. The molecular weight excluding hydrogens is 364 g/mol. The number of urea groups is 1. The number of amides is 3. The number of hydrogen-bond acceptors (Lipinski definition) is 5. The van der Waals surface area contributed by atoms with Gasteiger partial charge in [0.15, 0.2) is 11.4 Å². The van der Waals surface area contributed by atoms with Gasteiger partial charge in [0.05, 0.1) is 0 Å². The minimum Gasteiger partial charge on any atom is -0.492 e. The molecule has 1 saturated carbocycles. The lowest BCUT2D eigenvalue weighted by Crippen LogP contribution is -2.37. The summed E-state index contributed by atoms with van der Waals surface area (Å²) in [4.78, 5) is 39.2. The molecule has 3 amide bonds. The van der Waals surface area contributed by atoms with E-state index in [4.69, 9.17) is 0 Å². The monoisotopic (exact) mass is 388 g/mol. The zero-order valence-corrected chi connectivity index (χ0v) is 16.2. The third-order valence-corrected chi connectivity index (χ3v) is 4.74. The fourth-order valence-electron chi connectivity index (χ4n) is 3.28. The summed E-state index contributed by atoms with van der Waals surface area (Å²) in [6, 6.07) is 1.33. The molecule has 150 valence electrons. The molecule has 0 unspecified atom stereocenters. The predicted octanol–water partition coefficient (Wildman–Crippen LogP) is 0.670. The lowest BCUT2D eigenvalue weighted by molar-refractivity contribution is 0.0944. The highest BCUT2D eigenvalue weighted by Crippen LogP contribution is 2.26. The van der Waals surface area contributed by atoms with Crippen molar-refractivity contribution in [3.05, 3.63) is 22.0 Å². The van der Waals surface area contributed by atoms with Crippen LogP contribution in [0.4, 0.5) is 10.6 Å². The van der Waals surface area contributed by atoms with Gasteiger partial charge in [0.1, 0.15) is 5.65 Å². The van der Waals surface area contributed by atoms with Gasteiger partial charge in [0, 0.05) is 31.7 Å². The fourth-order valence-corrected chi connectivity index (χ4v) is 3.28. The highest BCUT2D eigenvalue weighted by Gasteiger charge is 2.31. The van der Waals surface area contributed by atoms with Gasteiger partial charge in [-0.05, 0) is 18.3 Å². The maximum absolute atomic E-state index is 13.1. The molecule has 2 aromatic heterocycles. The number of fused-ring (bicyclic) bond motifs is 1. The molecule has 10 nitrogen and oxygen atoms in total. The number of aromatic hydroxyl groups is 1. The van der Waals surface area contributed by atoms with E-state index in [0.29, 0.717) is 31.1 Å². The van der Waals surface area contributed by atoms with Crippen LogP contribution in [0, 0.1) is 5.41 Å². The molecule has 0 aromatic carbocycles. The highest BCUT2D eigenvalue weighted by molar-refractivity contribution is 5.97. The van der Waals surface area contributed by atoms with Crippen molar-refractivity contribution in [2.45, 2.75) is 46.2 Å². The van der Waals surface area contributed by atoms with Gasteiger partial charge in [-0.2, -0.15) is 4.52 Å². The Morgan fingerprint density at radius 1 is 1.36 bits per heavy atom. The van der Waals surface area contributed by atoms with Crippen molar-refractivity contribution >= 4 is 23.4 Å². The normalized spacial score (nSPS) is 17.2. The van der Waals surface area contributed by atoms with Gasteiger partial charge in [0.25, 0.3) is 11.5 Å². The molecule has 2 aromatic rings. The van der Waals surface area contributed by atoms with Crippen molar-refractivity contribution in [2.75, 3.05) is 18.0 Å². The Kier molecular flexibility index (Phi) is 4.09. The topological polar surface area (TPSA) is 121 Å². The number of carbonyl (C=O) groups excluding carboxylic acids is 2. The molecule has 4 rings (SSSR count). The van der Waals surface area contributed by atoms with Crippen LogP contribution in [-0.4, -0.2) is 50.4 Å². The summed E-state index contributed by atoms with van der Waals surface area (Å²) >= 11 is 0. The number of nitrogens with one attached hydrogen (secondary N) is 2. The maximum atomic E-state index is 13.1. The van der Waals surface area contributed by atoms with Crippen molar-refractivity contribution in [3.8, 4) is 5.88 Å². The largest absolute Gasteiger partial charge is 0.492 e. The second-order valence-corrected chi connectivity index (χ2v) is 8.55. The van der Waals surface area contributed by atoms with Crippen LogP contribution in [0.3, 0.4) is 0 Å². The molecule has 0 radical (unpaired) electrons. The zero-order valence-electron chi connectivity index (χ0n) is 16.2. The second-order valence-electron chi connectivity index (χ2n) is 8.55. The SMILES string of the molecule is CC(C)(C)Cn1c(=O)c(C(=O)NC2CC2)c(O)n2nc(N3CCNC3=O)cc12. The standard InChI is InChI=1S/C18H24N6O4/c1-18(2,3)9-23-12-8-11(22-7-6-19-17(22)28)21-24(12)16(27)13(15(23)26)14(25)20-10-4-5-10/h8,10,27H,4-7,9H2,1-3H3,(H,19,28)(H,20,25). The average Bonchev–Trinajstić information content (AvgIpc) is 3.12. The van der Waals surface area contributed by atoms with Crippen molar-refractivity contribution in [1.82, 2.24) is 24.8 Å². The number of hydrogen-bond donors (Lipinski definition) is 3. The first-order chi connectivity index (χ1) is 13.2. The average molecular weight is 388 g/mol. The smallest absolute Gasteiger partial charge is 0.323 e. The molecule has 1 aliphatic heterocycles. The van der Waals surface area contributed by atoms with Gasteiger partial charge < -0.3 is 15.7 Å². The fraction of sp³-hybridized carbons (Fsp3) is 0.556. The number of rotatable bonds is 4. The predicted molar refractivity (Wildman–Crippen MR) is 102 cm³/mol. The molecular formula is C18H24N6O4. The quantitative estimate of drug-likeness (QED) is 0.711. The molecule has 3 N–H and O–H groups in total. The lowest BCUT2D eigenvalue weighted by atomic mass is 9.97. The van der Waals surface area contributed by atoms with Crippen molar-refractivity contribution < 1.29 is 14.7 Å². The molecule has 3 heterocycles. The van der Waals surface area contributed by atoms with E-state index < -0.39 is 17.3 Å². The lowest BCUT2D eigenvalue weighted by Gasteiger charge is -2.21. The molecule has 0 atom stereocenters. The minimum atomic E-state index is -0.606. The van der Waals surface area contributed by atoms with E-state index in [1.54, 1.807) is 6.07 Å². The molecule has 0 spiro atoms. The summed E-state index contributed by atoms with van der Waals surface area (Å²) in [6.45, 7) is 7.15. The minimum absolute atomic E-state index is 0.0412. The zero-order chi connectivity index (χ0) is 20.2. The molecule has 28 heavy (non-hydrogen) atoms. The molecule has 2 fully saturated rings. The van der Waals surface area contributed by atoms with Gasteiger partial charge in [-0.15, -0.1) is 5.10 Å². The van der Waals surface area contributed by atoms with Crippen molar-refractivity contribution in [1.29, 1.82) is 0 Å². The number of anilines is 1. The third kappa shape index (κ3) is 3.19. The molecule has 10 heteroatoms. The van der Waals surface area contributed by atoms with Crippen LogP contribution in [0.5, 0.6) is 5.88 Å². The Morgan fingerprint density at radius 2 is 2.07 bits per heavy atom. The Morgan fingerprint density at radius 3 is 2.64 bits per heavy atom. The van der Waals surface area contributed by atoms with Gasteiger partial charge >= 0.3 is 6.03 Å². The van der Waals surface area contributed by atoms with Crippen LogP contribution in [0.15, 0.2) is 10.9 Å². The Balaban J connectivity index is 1.90. The summed E-state index contributed by atoms with van der Waals surface area (Å²) in [5.74, 6) is -0.813. The first kappa shape index (κ1) is 18.3. The first-order valence-corrected chi connectivity index (χ1v) is 9.37. The Labute approximate surface area is 161 Å². The van der Waals surface area contributed by atoms with Gasteiger partial charge in [-0.1, -0.05) is 20.8 Å². The summed E-state index contributed by atoms with van der Waals surface area (Å²) < 4.78 is 2.60. The van der Waals surface area contributed by atoms with E-state index >= 15 is 0 Å². The number of carbonyl (C=O) groups is 2. The van der Waals surface area contributed by atoms with Crippen LogP contribution < -0.4 is 21.1 Å². The van der Waals surface area contributed by atoms with E-state index in [9.17, 15) is 19.5 Å². The van der Waals surface area contributed by atoms with E-state index in [-0.39, 0.29) is 23.1 Å². The second kappa shape index (κ2) is 6.25. The van der Waals surface area contributed by atoms with E-state index in [1.165, 1.54) is 9.47 Å². The summed E-state index contributed by atoms with van der Waals surface area (Å²) in [7, 11) is 0. The number of nitrogens with zero attached hydrogens (tertiary/aromatic N) is 4. The number of aromatic nitrogens is 3. The molecule has 1 aliphatic carbocycles. The highest BCUT2D eigenvalue weighted by atomic mass is 16.3. The van der Waals surface area contributed by atoms with Crippen LogP contribution in [0.2, 0.25) is 0 Å². The summed E-state index contributed by atoms with van der Waals surface area (Å²) in [5, 5.41) is 20.4. The van der Waals surface area contributed by atoms with E-state index in [0.717, 1.165) is 17.4 Å². The molecule has 1 saturated heterocycles. The molecule has 2 aliphatic rings. The van der Waals surface area contributed by atoms with E-state index in [1.807, 2.05) is 20.8 Å². The van der Waals surface area contributed by atoms with E-state index in [2.05, 4.69) is 15.7 Å². The molecule has 0 bridgehead atoms. The van der Waals surface area contributed by atoms with Crippen LogP contribution in [0.1, 0.15) is 44.0 Å². The van der Waals surface area contributed by atoms with Crippen LogP contribution in [0.25, 0.3) is 5.65 Å². The van der Waals surface area contributed by atoms with Gasteiger partial charge in [0.2, 0.25) is 5.88 Å². The van der Waals surface area contributed by atoms with Gasteiger partial charge in [-0.3, -0.25) is 19.1 Å². The Bertz CT molecular complexity index is 1030. The van der Waals surface area contributed by atoms with Crippen molar-refractivity contribution in [2.24, 2.45) is 5.41 Å². The Hall–Kier alpha value is -3.04.